The second-order valence-corrected chi connectivity index (χ2v) is 6.45. The number of carbonyl (C=O) groups is 2. The second-order valence-electron chi connectivity index (χ2n) is 6.45. The highest BCUT2D eigenvalue weighted by Gasteiger charge is 2.17. The summed E-state index contributed by atoms with van der Waals surface area (Å²) < 4.78 is 21.4. The fourth-order valence-electron chi connectivity index (χ4n) is 2.86. The van der Waals surface area contributed by atoms with Gasteiger partial charge in [-0.1, -0.05) is 12.1 Å². The Balaban J connectivity index is 1.54. The summed E-state index contributed by atoms with van der Waals surface area (Å²) in [5, 5.41) is 2.80. The predicted octanol–water partition coefficient (Wildman–Crippen LogP) is 2.81. The number of ether oxygens (including phenoxy) is 4. The van der Waals surface area contributed by atoms with Gasteiger partial charge in [0.15, 0.2) is 18.1 Å². The van der Waals surface area contributed by atoms with Crippen molar-refractivity contribution >= 4 is 11.9 Å². The summed E-state index contributed by atoms with van der Waals surface area (Å²) in [6, 6.07) is 10.2. The van der Waals surface area contributed by atoms with Crippen LogP contribution in [0.5, 0.6) is 17.2 Å². The third-order valence-corrected chi connectivity index (χ3v) is 4.42. The Morgan fingerprint density at radius 1 is 1.11 bits per heavy atom. The molecule has 1 heterocycles. The van der Waals surface area contributed by atoms with Crippen LogP contribution in [0, 0.1) is 6.92 Å². The Morgan fingerprint density at radius 2 is 1.86 bits per heavy atom. The molecule has 0 radical (unpaired) electrons. The van der Waals surface area contributed by atoms with E-state index in [4.69, 9.17) is 18.9 Å². The van der Waals surface area contributed by atoms with Crippen molar-refractivity contribution in [3.05, 3.63) is 53.1 Å². The Hall–Kier alpha value is -3.22. The number of hydrogen-bond donors (Lipinski definition) is 1. The fraction of sp³-hybridized carbons (Fsp3) is 0.333. The lowest BCUT2D eigenvalue weighted by Crippen LogP contribution is -2.31. The van der Waals surface area contributed by atoms with E-state index in [0.29, 0.717) is 36.0 Å². The molecular weight excluding hydrogens is 362 g/mol. The first-order valence-electron chi connectivity index (χ1n) is 8.98. The Bertz CT molecular complexity index is 879. The number of fused-ring (bicyclic) bond motifs is 1. The lowest BCUT2D eigenvalue weighted by Gasteiger charge is -2.21. The van der Waals surface area contributed by atoms with Gasteiger partial charge in [-0.15, -0.1) is 0 Å². The third-order valence-electron chi connectivity index (χ3n) is 4.42. The average molecular weight is 385 g/mol. The van der Waals surface area contributed by atoms with Gasteiger partial charge in [-0.25, -0.2) is 4.79 Å². The van der Waals surface area contributed by atoms with Gasteiger partial charge in [-0.2, -0.15) is 0 Å². The van der Waals surface area contributed by atoms with Gasteiger partial charge < -0.3 is 24.3 Å². The molecule has 148 valence electrons. The highest BCUT2D eigenvalue weighted by atomic mass is 16.6. The summed E-state index contributed by atoms with van der Waals surface area (Å²) in [5.41, 5.74) is 2.10. The number of carbonyl (C=O) groups excluding carboxylic acids is 2. The van der Waals surface area contributed by atoms with E-state index in [-0.39, 0.29) is 12.6 Å². The molecule has 2 aromatic rings. The maximum atomic E-state index is 12.2. The quantitative estimate of drug-likeness (QED) is 0.770. The number of esters is 1. The molecular formula is C21H23NO6. The molecule has 1 atom stereocenters. The van der Waals surface area contributed by atoms with Crippen LogP contribution in [0.1, 0.15) is 34.5 Å². The van der Waals surface area contributed by atoms with Gasteiger partial charge in [-0.05, 0) is 49.2 Å². The minimum absolute atomic E-state index is 0.276. The SMILES string of the molecule is COc1cc(C(=O)OCC(=O)N[C@H](C)c2ccc3c(c2)OCCO3)ccc1C. The van der Waals surface area contributed by atoms with Gasteiger partial charge >= 0.3 is 5.97 Å². The summed E-state index contributed by atoms with van der Waals surface area (Å²) in [6.45, 7) is 4.37. The predicted molar refractivity (Wildman–Crippen MR) is 102 cm³/mol. The van der Waals surface area contributed by atoms with E-state index >= 15 is 0 Å². The van der Waals surface area contributed by atoms with E-state index in [9.17, 15) is 9.59 Å². The van der Waals surface area contributed by atoms with E-state index in [1.165, 1.54) is 7.11 Å². The zero-order valence-electron chi connectivity index (χ0n) is 16.1. The van der Waals surface area contributed by atoms with E-state index in [2.05, 4.69) is 5.32 Å². The van der Waals surface area contributed by atoms with E-state index < -0.39 is 11.9 Å². The fourth-order valence-corrected chi connectivity index (χ4v) is 2.86. The molecule has 7 heteroatoms. The summed E-state index contributed by atoms with van der Waals surface area (Å²) in [5.74, 6) is 0.960. The van der Waals surface area contributed by atoms with E-state index in [1.54, 1.807) is 18.2 Å². The molecule has 0 saturated heterocycles. The first-order chi connectivity index (χ1) is 13.5. The normalized spacial score (nSPS) is 13.4. The molecule has 0 aromatic heterocycles. The van der Waals surface area contributed by atoms with Crippen LogP contribution >= 0.6 is 0 Å². The molecule has 1 aliphatic rings. The minimum Gasteiger partial charge on any atom is -0.496 e. The zero-order chi connectivity index (χ0) is 20.1. The van der Waals surface area contributed by atoms with Gasteiger partial charge in [0.1, 0.15) is 19.0 Å². The van der Waals surface area contributed by atoms with Gasteiger partial charge in [0.25, 0.3) is 5.91 Å². The maximum absolute atomic E-state index is 12.2. The van der Waals surface area contributed by atoms with Crippen LogP contribution < -0.4 is 19.5 Å². The van der Waals surface area contributed by atoms with E-state index in [0.717, 1.165) is 11.1 Å². The van der Waals surface area contributed by atoms with Crippen LogP contribution in [0.3, 0.4) is 0 Å². The highest BCUT2D eigenvalue weighted by molar-refractivity contribution is 5.91. The molecule has 1 N–H and O–H groups in total. The summed E-state index contributed by atoms with van der Waals surface area (Å²) in [6.07, 6.45) is 0. The molecule has 0 bridgehead atoms. The zero-order valence-corrected chi connectivity index (χ0v) is 16.1. The lowest BCUT2D eigenvalue weighted by atomic mass is 10.1. The molecule has 1 aliphatic heterocycles. The van der Waals surface area contributed by atoms with Crippen molar-refractivity contribution < 1.29 is 28.5 Å². The molecule has 2 aromatic carbocycles. The first kappa shape index (κ1) is 19.5. The summed E-state index contributed by atoms with van der Waals surface area (Å²) >= 11 is 0. The third kappa shape index (κ3) is 4.54. The number of aryl methyl sites for hydroxylation is 1. The van der Waals surface area contributed by atoms with Crippen molar-refractivity contribution in [1.82, 2.24) is 5.32 Å². The molecule has 3 rings (SSSR count). The Labute approximate surface area is 163 Å². The summed E-state index contributed by atoms with van der Waals surface area (Å²) in [4.78, 5) is 24.3. The Kier molecular flexibility index (Phi) is 6.03. The van der Waals surface area contributed by atoms with E-state index in [1.807, 2.05) is 32.0 Å². The molecule has 28 heavy (non-hydrogen) atoms. The number of amides is 1. The minimum atomic E-state index is -0.583. The molecule has 0 unspecified atom stereocenters. The first-order valence-corrected chi connectivity index (χ1v) is 8.98. The monoisotopic (exact) mass is 385 g/mol. The topological polar surface area (TPSA) is 83.1 Å². The molecule has 1 amide bonds. The standard InChI is InChI=1S/C21H23NO6/c1-13-4-5-16(11-18(13)25-3)21(24)28-12-20(23)22-14(2)15-6-7-17-19(10-15)27-9-8-26-17/h4-7,10-11,14H,8-9,12H2,1-3H3,(H,22,23)/t14-/m1/s1. The van der Waals surface area contributed by atoms with Crippen molar-refractivity contribution in [3.8, 4) is 17.2 Å². The van der Waals surface area contributed by atoms with Crippen molar-refractivity contribution in [2.24, 2.45) is 0 Å². The highest BCUT2D eigenvalue weighted by Crippen LogP contribution is 2.32. The van der Waals surface area contributed by atoms with Gasteiger partial charge in [0.05, 0.1) is 18.7 Å². The smallest absolute Gasteiger partial charge is 0.338 e. The van der Waals surface area contributed by atoms with Gasteiger partial charge in [0, 0.05) is 0 Å². The maximum Gasteiger partial charge on any atom is 0.338 e. The number of rotatable bonds is 6. The van der Waals surface area contributed by atoms with Crippen LogP contribution in [0.25, 0.3) is 0 Å². The van der Waals surface area contributed by atoms with Crippen LogP contribution in [-0.4, -0.2) is 38.8 Å². The molecule has 0 saturated carbocycles. The largest absolute Gasteiger partial charge is 0.496 e. The van der Waals surface area contributed by atoms with Crippen molar-refractivity contribution in [1.29, 1.82) is 0 Å². The second kappa shape index (κ2) is 8.65. The van der Waals surface area contributed by atoms with Crippen molar-refractivity contribution in [2.45, 2.75) is 19.9 Å². The van der Waals surface area contributed by atoms with Crippen LogP contribution in [0.15, 0.2) is 36.4 Å². The molecule has 0 spiro atoms. The molecule has 7 nitrogen and oxygen atoms in total. The number of methoxy groups -OCH3 is 1. The lowest BCUT2D eigenvalue weighted by molar-refractivity contribution is -0.124. The number of benzene rings is 2. The van der Waals surface area contributed by atoms with Crippen LogP contribution in [0.2, 0.25) is 0 Å². The molecule has 0 fully saturated rings. The van der Waals surface area contributed by atoms with Crippen LogP contribution in [-0.2, 0) is 9.53 Å². The van der Waals surface area contributed by atoms with Gasteiger partial charge in [0.2, 0.25) is 0 Å². The van der Waals surface area contributed by atoms with Crippen LogP contribution in [0.4, 0.5) is 0 Å². The Morgan fingerprint density at radius 3 is 2.61 bits per heavy atom. The number of nitrogens with one attached hydrogen (secondary N) is 1. The number of hydrogen-bond acceptors (Lipinski definition) is 6. The van der Waals surface area contributed by atoms with Crippen molar-refractivity contribution in [3.63, 3.8) is 0 Å². The molecule has 0 aliphatic carbocycles. The summed E-state index contributed by atoms with van der Waals surface area (Å²) in [7, 11) is 1.53. The van der Waals surface area contributed by atoms with Crippen molar-refractivity contribution in [2.75, 3.05) is 26.9 Å². The average Bonchev–Trinajstić information content (AvgIpc) is 2.71. The van der Waals surface area contributed by atoms with Gasteiger partial charge in [-0.3, -0.25) is 4.79 Å².